The molecular formula is C12H23N3. The fourth-order valence-electron chi connectivity index (χ4n) is 1.81. The van der Waals surface area contributed by atoms with Crippen LogP contribution in [0, 0.1) is 0 Å². The van der Waals surface area contributed by atoms with Crippen molar-refractivity contribution in [1.29, 1.82) is 0 Å². The lowest BCUT2D eigenvalue weighted by Gasteiger charge is -2.18. The smallest absolute Gasteiger partial charge is 0.0550 e. The van der Waals surface area contributed by atoms with Crippen molar-refractivity contribution in [2.45, 2.75) is 45.6 Å². The van der Waals surface area contributed by atoms with Gasteiger partial charge in [0.2, 0.25) is 0 Å². The highest BCUT2D eigenvalue weighted by molar-refractivity contribution is 5.06. The lowest BCUT2D eigenvalue weighted by molar-refractivity contribution is 0.454. The van der Waals surface area contributed by atoms with Crippen LogP contribution in [0.3, 0.4) is 0 Å². The minimum absolute atomic E-state index is 0.470. The average molecular weight is 209 g/mol. The highest BCUT2D eigenvalue weighted by atomic mass is 15.3. The van der Waals surface area contributed by atoms with E-state index in [1.54, 1.807) is 0 Å². The van der Waals surface area contributed by atoms with E-state index in [4.69, 9.17) is 0 Å². The van der Waals surface area contributed by atoms with Crippen LogP contribution in [0.5, 0.6) is 0 Å². The Morgan fingerprint density at radius 1 is 1.40 bits per heavy atom. The minimum Gasteiger partial charge on any atom is -0.309 e. The third kappa shape index (κ3) is 3.67. The predicted molar refractivity (Wildman–Crippen MR) is 63.8 cm³/mol. The predicted octanol–water partition coefficient (Wildman–Crippen LogP) is 2.65. The van der Waals surface area contributed by atoms with E-state index >= 15 is 0 Å². The van der Waals surface area contributed by atoms with Crippen LogP contribution in [0.4, 0.5) is 0 Å². The first-order valence-corrected chi connectivity index (χ1v) is 6.00. The molecule has 3 heteroatoms. The topological polar surface area (TPSA) is 29.9 Å². The van der Waals surface area contributed by atoms with E-state index in [1.807, 2.05) is 17.9 Å². The van der Waals surface area contributed by atoms with E-state index in [0.29, 0.717) is 6.04 Å². The van der Waals surface area contributed by atoms with E-state index in [-0.39, 0.29) is 0 Å². The Bertz CT molecular complexity index is 260. The molecule has 0 aliphatic rings. The SMILES string of the molecule is CCCCC(NCCC)c1ccnn1C. The van der Waals surface area contributed by atoms with Crippen molar-refractivity contribution in [1.82, 2.24) is 15.1 Å². The van der Waals surface area contributed by atoms with Gasteiger partial charge < -0.3 is 5.32 Å². The Kier molecular flexibility index (Phi) is 5.40. The molecule has 0 aliphatic carbocycles. The van der Waals surface area contributed by atoms with Crippen LogP contribution in [0.2, 0.25) is 0 Å². The van der Waals surface area contributed by atoms with Crippen molar-refractivity contribution >= 4 is 0 Å². The number of nitrogens with zero attached hydrogens (tertiary/aromatic N) is 2. The number of hydrogen-bond donors (Lipinski definition) is 1. The number of hydrogen-bond acceptors (Lipinski definition) is 2. The Balaban J connectivity index is 2.58. The molecule has 1 atom stereocenters. The molecule has 0 aromatic carbocycles. The van der Waals surface area contributed by atoms with Crippen molar-refractivity contribution in [3.8, 4) is 0 Å². The van der Waals surface area contributed by atoms with Crippen LogP contribution in [0.15, 0.2) is 12.3 Å². The van der Waals surface area contributed by atoms with Crippen LogP contribution in [-0.4, -0.2) is 16.3 Å². The highest BCUT2D eigenvalue weighted by Gasteiger charge is 2.12. The molecule has 0 amide bonds. The number of aryl methyl sites for hydroxylation is 1. The van der Waals surface area contributed by atoms with Crippen molar-refractivity contribution < 1.29 is 0 Å². The first-order valence-electron chi connectivity index (χ1n) is 6.00. The molecule has 0 saturated heterocycles. The summed E-state index contributed by atoms with van der Waals surface area (Å²) in [5, 5.41) is 7.82. The molecule has 1 rings (SSSR count). The lowest BCUT2D eigenvalue weighted by Crippen LogP contribution is -2.24. The number of aromatic nitrogens is 2. The number of unbranched alkanes of at least 4 members (excludes halogenated alkanes) is 1. The maximum Gasteiger partial charge on any atom is 0.0550 e. The van der Waals surface area contributed by atoms with Gasteiger partial charge in [-0.25, -0.2) is 0 Å². The zero-order valence-corrected chi connectivity index (χ0v) is 10.2. The van der Waals surface area contributed by atoms with E-state index in [9.17, 15) is 0 Å². The summed E-state index contributed by atoms with van der Waals surface area (Å²) in [7, 11) is 2.02. The monoisotopic (exact) mass is 209 g/mol. The second-order valence-electron chi connectivity index (χ2n) is 4.03. The third-order valence-corrected chi connectivity index (χ3v) is 2.70. The molecule has 0 radical (unpaired) electrons. The van der Waals surface area contributed by atoms with E-state index in [1.165, 1.54) is 31.4 Å². The summed E-state index contributed by atoms with van der Waals surface area (Å²) in [6, 6.07) is 2.58. The summed E-state index contributed by atoms with van der Waals surface area (Å²) in [4.78, 5) is 0. The van der Waals surface area contributed by atoms with Gasteiger partial charge in [0.1, 0.15) is 0 Å². The molecule has 0 bridgehead atoms. The highest BCUT2D eigenvalue weighted by Crippen LogP contribution is 2.18. The summed E-state index contributed by atoms with van der Waals surface area (Å²) >= 11 is 0. The molecule has 86 valence electrons. The molecule has 1 N–H and O–H groups in total. The summed E-state index contributed by atoms with van der Waals surface area (Å²) < 4.78 is 1.98. The zero-order chi connectivity index (χ0) is 11.1. The van der Waals surface area contributed by atoms with Crippen molar-refractivity contribution in [2.75, 3.05) is 6.54 Å². The Morgan fingerprint density at radius 2 is 2.20 bits per heavy atom. The first kappa shape index (κ1) is 12.2. The summed E-state index contributed by atoms with van der Waals surface area (Å²) in [6.07, 6.45) is 6.78. The van der Waals surface area contributed by atoms with Crippen molar-refractivity contribution in [3.05, 3.63) is 18.0 Å². The molecule has 1 heterocycles. The molecule has 1 unspecified atom stereocenters. The van der Waals surface area contributed by atoms with Gasteiger partial charge in [0.15, 0.2) is 0 Å². The second kappa shape index (κ2) is 6.62. The minimum atomic E-state index is 0.470. The lowest BCUT2D eigenvalue weighted by atomic mass is 10.1. The molecule has 0 fully saturated rings. The second-order valence-corrected chi connectivity index (χ2v) is 4.03. The average Bonchev–Trinajstić information content (AvgIpc) is 2.65. The largest absolute Gasteiger partial charge is 0.309 e. The molecule has 3 nitrogen and oxygen atoms in total. The van der Waals surface area contributed by atoms with E-state index < -0.39 is 0 Å². The number of rotatable bonds is 7. The van der Waals surface area contributed by atoms with E-state index in [2.05, 4.69) is 30.3 Å². The molecule has 0 saturated carbocycles. The quantitative estimate of drug-likeness (QED) is 0.748. The standard InChI is InChI=1S/C12H23N3/c1-4-6-7-11(13-9-5-2)12-8-10-14-15(12)3/h8,10-11,13H,4-7,9H2,1-3H3. The van der Waals surface area contributed by atoms with Crippen molar-refractivity contribution in [2.24, 2.45) is 7.05 Å². The molecule has 1 aromatic rings. The van der Waals surface area contributed by atoms with Gasteiger partial charge in [-0.05, 0) is 25.5 Å². The summed E-state index contributed by atoms with van der Waals surface area (Å²) in [5.41, 5.74) is 1.30. The summed E-state index contributed by atoms with van der Waals surface area (Å²) in [5.74, 6) is 0. The van der Waals surface area contributed by atoms with Crippen LogP contribution in [0.25, 0.3) is 0 Å². The van der Waals surface area contributed by atoms with Crippen LogP contribution in [0.1, 0.15) is 51.3 Å². The third-order valence-electron chi connectivity index (χ3n) is 2.70. The van der Waals surface area contributed by atoms with Gasteiger partial charge in [-0.15, -0.1) is 0 Å². The van der Waals surface area contributed by atoms with Gasteiger partial charge >= 0.3 is 0 Å². The zero-order valence-electron chi connectivity index (χ0n) is 10.2. The Morgan fingerprint density at radius 3 is 2.73 bits per heavy atom. The van der Waals surface area contributed by atoms with Gasteiger partial charge in [0.05, 0.1) is 5.69 Å². The fourth-order valence-corrected chi connectivity index (χ4v) is 1.81. The van der Waals surface area contributed by atoms with Gasteiger partial charge in [0.25, 0.3) is 0 Å². The molecule has 0 aliphatic heterocycles. The van der Waals surface area contributed by atoms with Gasteiger partial charge in [0, 0.05) is 19.3 Å². The van der Waals surface area contributed by atoms with Gasteiger partial charge in [-0.1, -0.05) is 26.7 Å². The first-order chi connectivity index (χ1) is 7.29. The molecular weight excluding hydrogens is 186 g/mol. The van der Waals surface area contributed by atoms with Crippen molar-refractivity contribution in [3.63, 3.8) is 0 Å². The number of nitrogens with one attached hydrogen (secondary N) is 1. The molecule has 1 aromatic heterocycles. The Hall–Kier alpha value is -0.830. The normalized spacial score (nSPS) is 13.0. The van der Waals surface area contributed by atoms with E-state index in [0.717, 1.165) is 6.54 Å². The maximum atomic E-state index is 4.23. The fraction of sp³-hybridized carbons (Fsp3) is 0.750. The molecule has 0 spiro atoms. The Labute approximate surface area is 92.9 Å². The van der Waals surface area contributed by atoms with Crippen LogP contribution in [-0.2, 0) is 7.05 Å². The van der Waals surface area contributed by atoms with Gasteiger partial charge in [-0.3, -0.25) is 4.68 Å². The summed E-state index contributed by atoms with van der Waals surface area (Å²) in [6.45, 7) is 5.52. The van der Waals surface area contributed by atoms with Crippen LogP contribution < -0.4 is 5.32 Å². The van der Waals surface area contributed by atoms with Gasteiger partial charge in [-0.2, -0.15) is 5.10 Å². The van der Waals surface area contributed by atoms with Crippen LogP contribution >= 0.6 is 0 Å². The molecule has 15 heavy (non-hydrogen) atoms. The maximum absolute atomic E-state index is 4.23.